The molecular formula is C12H18N2O2. The number of rotatable bonds is 4. The zero-order chi connectivity index (χ0) is 12.3. The van der Waals surface area contributed by atoms with Crippen molar-refractivity contribution in [2.24, 2.45) is 5.92 Å². The van der Waals surface area contributed by atoms with Gasteiger partial charge in [-0.25, -0.2) is 4.98 Å². The third kappa shape index (κ3) is 2.78. The topological polar surface area (TPSA) is 52.0 Å². The summed E-state index contributed by atoms with van der Waals surface area (Å²) in [6.45, 7) is 7.50. The highest BCUT2D eigenvalue weighted by Crippen LogP contribution is 2.04. The molecule has 0 aliphatic heterocycles. The van der Waals surface area contributed by atoms with Gasteiger partial charge in [0.2, 0.25) is 0 Å². The smallest absolute Gasteiger partial charge is 0.254 e. The van der Waals surface area contributed by atoms with Crippen LogP contribution in [0.25, 0.3) is 0 Å². The summed E-state index contributed by atoms with van der Waals surface area (Å²) in [5.74, 6) is 0.674. The van der Waals surface area contributed by atoms with Crippen molar-refractivity contribution in [2.75, 3.05) is 0 Å². The van der Waals surface area contributed by atoms with E-state index in [1.165, 1.54) is 10.6 Å². The van der Waals surface area contributed by atoms with Gasteiger partial charge in [0.15, 0.2) is 5.78 Å². The van der Waals surface area contributed by atoms with Crippen molar-refractivity contribution in [3.63, 3.8) is 0 Å². The van der Waals surface area contributed by atoms with Crippen LogP contribution in [0.2, 0.25) is 0 Å². The second-order valence-corrected chi connectivity index (χ2v) is 4.14. The fourth-order valence-electron chi connectivity index (χ4n) is 1.50. The van der Waals surface area contributed by atoms with Crippen LogP contribution >= 0.6 is 0 Å². The van der Waals surface area contributed by atoms with Crippen LogP contribution in [0.5, 0.6) is 0 Å². The van der Waals surface area contributed by atoms with Crippen molar-refractivity contribution in [3.8, 4) is 0 Å². The van der Waals surface area contributed by atoms with Gasteiger partial charge in [0.25, 0.3) is 5.56 Å². The van der Waals surface area contributed by atoms with Gasteiger partial charge in [0, 0.05) is 17.7 Å². The molecule has 4 heteroatoms. The Bertz CT molecular complexity index is 449. The Balaban J connectivity index is 2.98. The Kier molecular flexibility index (Phi) is 3.99. The lowest BCUT2D eigenvalue weighted by Crippen LogP contribution is -2.29. The van der Waals surface area contributed by atoms with Gasteiger partial charge >= 0.3 is 0 Å². The van der Waals surface area contributed by atoms with Crippen LogP contribution in [0.1, 0.15) is 31.8 Å². The molecule has 0 aromatic carbocycles. The molecule has 0 saturated heterocycles. The molecule has 1 aromatic heterocycles. The van der Waals surface area contributed by atoms with Gasteiger partial charge in [-0.15, -0.1) is 0 Å². The summed E-state index contributed by atoms with van der Waals surface area (Å²) in [5, 5.41) is 0. The number of aryl methyl sites for hydroxylation is 2. The van der Waals surface area contributed by atoms with Gasteiger partial charge in [-0.05, 0) is 20.3 Å². The highest BCUT2D eigenvalue weighted by molar-refractivity contribution is 5.80. The fraction of sp³-hybridized carbons (Fsp3) is 0.583. The van der Waals surface area contributed by atoms with E-state index in [0.717, 1.165) is 6.42 Å². The molecule has 16 heavy (non-hydrogen) atoms. The predicted octanol–water partition coefficient (Wildman–Crippen LogP) is 1.48. The first-order valence-electron chi connectivity index (χ1n) is 5.53. The van der Waals surface area contributed by atoms with Crippen LogP contribution in [0, 0.1) is 19.8 Å². The quantitative estimate of drug-likeness (QED) is 0.775. The lowest BCUT2D eigenvalue weighted by molar-refractivity contribution is -0.123. The van der Waals surface area contributed by atoms with Crippen molar-refractivity contribution in [1.82, 2.24) is 9.55 Å². The van der Waals surface area contributed by atoms with E-state index in [1.54, 1.807) is 13.8 Å². The molecule has 1 rings (SSSR count). The Labute approximate surface area is 95.3 Å². The third-order valence-corrected chi connectivity index (χ3v) is 2.80. The van der Waals surface area contributed by atoms with E-state index in [1.807, 2.05) is 13.8 Å². The average Bonchev–Trinajstić information content (AvgIpc) is 2.21. The number of aromatic nitrogens is 2. The molecule has 0 N–H and O–H groups in total. The molecule has 0 aliphatic carbocycles. The van der Waals surface area contributed by atoms with Crippen molar-refractivity contribution >= 4 is 5.78 Å². The number of hydrogen-bond donors (Lipinski definition) is 0. The Morgan fingerprint density at radius 1 is 1.50 bits per heavy atom. The maximum Gasteiger partial charge on any atom is 0.254 e. The summed E-state index contributed by atoms with van der Waals surface area (Å²) in [7, 11) is 0. The van der Waals surface area contributed by atoms with E-state index in [-0.39, 0.29) is 23.8 Å². The van der Waals surface area contributed by atoms with Gasteiger partial charge in [0.1, 0.15) is 5.82 Å². The fourth-order valence-corrected chi connectivity index (χ4v) is 1.50. The summed E-state index contributed by atoms with van der Waals surface area (Å²) < 4.78 is 1.43. The maximum absolute atomic E-state index is 11.7. The first kappa shape index (κ1) is 12.6. The molecule has 0 spiro atoms. The first-order chi connectivity index (χ1) is 7.45. The van der Waals surface area contributed by atoms with Crippen LogP contribution in [0.15, 0.2) is 10.9 Å². The molecule has 1 unspecified atom stereocenters. The Morgan fingerprint density at radius 3 is 2.62 bits per heavy atom. The van der Waals surface area contributed by atoms with Crippen LogP contribution in [-0.2, 0) is 11.3 Å². The molecule has 0 bridgehead atoms. The zero-order valence-electron chi connectivity index (χ0n) is 10.3. The van der Waals surface area contributed by atoms with Gasteiger partial charge in [-0.2, -0.15) is 0 Å². The van der Waals surface area contributed by atoms with Crippen LogP contribution in [0.4, 0.5) is 0 Å². The van der Waals surface area contributed by atoms with Gasteiger partial charge in [-0.3, -0.25) is 14.2 Å². The number of ketones is 1. The van der Waals surface area contributed by atoms with E-state index in [2.05, 4.69) is 4.98 Å². The molecule has 0 fully saturated rings. The van der Waals surface area contributed by atoms with Crippen LogP contribution in [0.3, 0.4) is 0 Å². The number of Topliss-reactive ketones (excluding diaryl/α,β-unsaturated/α-hetero) is 1. The largest absolute Gasteiger partial charge is 0.297 e. The predicted molar refractivity (Wildman–Crippen MR) is 62.4 cm³/mol. The van der Waals surface area contributed by atoms with E-state index >= 15 is 0 Å². The first-order valence-corrected chi connectivity index (χ1v) is 5.53. The highest BCUT2D eigenvalue weighted by atomic mass is 16.1. The Hall–Kier alpha value is -1.45. The summed E-state index contributed by atoms with van der Waals surface area (Å²) in [4.78, 5) is 27.6. The van der Waals surface area contributed by atoms with E-state index in [0.29, 0.717) is 11.5 Å². The lowest BCUT2D eigenvalue weighted by Gasteiger charge is -2.11. The number of nitrogens with zero attached hydrogens (tertiary/aromatic N) is 2. The van der Waals surface area contributed by atoms with E-state index in [4.69, 9.17) is 0 Å². The van der Waals surface area contributed by atoms with Crippen LogP contribution in [-0.4, -0.2) is 15.3 Å². The molecule has 0 aliphatic rings. The third-order valence-electron chi connectivity index (χ3n) is 2.80. The van der Waals surface area contributed by atoms with Crippen LogP contribution < -0.4 is 5.56 Å². The normalized spacial score (nSPS) is 12.5. The molecule has 4 nitrogen and oxygen atoms in total. The molecule has 1 heterocycles. The standard InChI is InChI=1S/C12H18N2O2/c1-5-8(2)11(15)7-14-10(4)13-9(3)6-12(14)16/h6,8H,5,7H2,1-4H3. The molecular weight excluding hydrogens is 204 g/mol. The molecule has 0 radical (unpaired) electrons. The second-order valence-electron chi connectivity index (χ2n) is 4.14. The molecule has 1 aromatic rings. The highest BCUT2D eigenvalue weighted by Gasteiger charge is 2.13. The average molecular weight is 222 g/mol. The lowest BCUT2D eigenvalue weighted by atomic mass is 10.0. The molecule has 1 atom stereocenters. The number of hydrogen-bond acceptors (Lipinski definition) is 3. The minimum Gasteiger partial charge on any atom is -0.297 e. The second kappa shape index (κ2) is 5.05. The van der Waals surface area contributed by atoms with Gasteiger partial charge in [0.05, 0.1) is 6.54 Å². The number of carbonyl (C=O) groups excluding carboxylic acids is 1. The minimum absolute atomic E-state index is 0.00685. The summed E-state index contributed by atoms with van der Waals surface area (Å²) in [6.07, 6.45) is 0.798. The summed E-state index contributed by atoms with van der Waals surface area (Å²) in [5.41, 5.74) is 0.538. The zero-order valence-corrected chi connectivity index (χ0v) is 10.3. The monoisotopic (exact) mass is 222 g/mol. The molecule has 88 valence electrons. The summed E-state index contributed by atoms with van der Waals surface area (Å²) in [6, 6.07) is 1.46. The Morgan fingerprint density at radius 2 is 2.12 bits per heavy atom. The van der Waals surface area contributed by atoms with Crippen molar-refractivity contribution < 1.29 is 4.79 Å². The van der Waals surface area contributed by atoms with Gasteiger partial charge < -0.3 is 0 Å². The maximum atomic E-state index is 11.7. The van der Waals surface area contributed by atoms with Crippen molar-refractivity contribution in [1.29, 1.82) is 0 Å². The van der Waals surface area contributed by atoms with Gasteiger partial charge in [-0.1, -0.05) is 13.8 Å². The number of carbonyl (C=O) groups is 1. The summed E-state index contributed by atoms with van der Waals surface area (Å²) >= 11 is 0. The van der Waals surface area contributed by atoms with Crippen molar-refractivity contribution in [2.45, 2.75) is 40.7 Å². The van der Waals surface area contributed by atoms with E-state index in [9.17, 15) is 9.59 Å². The molecule has 0 saturated carbocycles. The van der Waals surface area contributed by atoms with E-state index < -0.39 is 0 Å². The minimum atomic E-state index is -0.151. The molecule has 0 amide bonds. The van der Waals surface area contributed by atoms with Crippen molar-refractivity contribution in [3.05, 3.63) is 27.9 Å². The SMILES string of the molecule is CCC(C)C(=O)Cn1c(C)nc(C)cc1=O.